The summed E-state index contributed by atoms with van der Waals surface area (Å²) in [6.45, 7) is 16.8. The molecule has 224 valence electrons. The number of hydrogen-bond acceptors (Lipinski definition) is 6. The molecular weight excluding hydrogens is 520 g/mol. The number of benzene rings is 2. The van der Waals surface area contributed by atoms with Gasteiger partial charge in [0.25, 0.3) is 0 Å². The van der Waals surface area contributed by atoms with E-state index in [1.54, 1.807) is 21.3 Å². The van der Waals surface area contributed by atoms with Gasteiger partial charge in [-0.15, -0.1) is 0 Å². The monoisotopic (exact) mass is 572 g/mol. The van der Waals surface area contributed by atoms with Crippen LogP contribution in [0.25, 0.3) is 0 Å². The molecule has 40 heavy (non-hydrogen) atoms. The first-order valence-corrected chi connectivity index (χ1v) is 16.3. The van der Waals surface area contributed by atoms with Crippen molar-refractivity contribution < 1.29 is 27.9 Å². The predicted octanol–water partition coefficient (Wildman–Crippen LogP) is 7.93. The first kappa shape index (κ1) is 34.0. The van der Waals surface area contributed by atoms with Crippen LogP contribution in [-0.4, -0.2) is 41.2 Å². The van der Waals surface area contributed by atoms with E-state index in [9.17, 15) is 9.90 Å². The number of carbonyl (C=O) groups excluding carboxylic acids is 1. The fourth-order valence-corrected chi connectivity index (χ4v) is 6.90. The Hall–Kier alpha value is -2.19. The van der Waals surface area contributed by atoms with Crippen LogP contribution in [0.4, 0.5) is 0 Å². The van der Waals surface area contributed by atoms with Gasteiger partial charge >= 0.3 is 14.8 Å². The summed E-state index contributed by atoms with van der Waals surface area (Å²) in [7, 11) is 2.34. The van der Waals surface area contributed by atoms with E-state index in [0.717, 1.165) is 65.1 Å². The summed E-state index contributed by atoms with van der Waals surface area (Å²) >= 11 is 0. The van der Waals surface area contributed by atoms with Crippen molar-refractivity contribution >= 4 is 14.8 Å². The third kappa shape index (κ3) is 9.16. The number of aromatic hydroxyl groups is 1. The molecule has 0 atom stereocenters. The van der Waals surface area contributed by atoms with Crippen molar-refractivity contribution in [3.05, 3.63) is 57.6 Å². The second-order valence-electron chi connectivity index (χ2n) is 13.0. The number of rotatable bonds is 13. The van der Waals surface area contributed by atoms with Gasteiger partial charge in [0, 0.05) is 45.8 Å². The number of carbonyl (C=O) groups is 1. The Morgan fingerprint density at radius 2 is 1.25 bits per heavy atom. The Kier molecular flexibility index (Phi) is 12.0. The minimum Gasteiger partial charge on any atom is -0.507 e. The number of phenolic OH excluding ortho intramolecular Hbond substituents is 1. The van der Waals surface area contributed by atoms with Crippen molar-refractivity contribution in [1.82, 2.24) is 0 Å². The molecule has 0 radical (unpaired) electrons. The van der Waals surface area contributed by atoms with E-state index in [4.69, 9.17) is 18.0 Å². The highest BCUT2D eigenvalue weighted by molar-refractivity contribution is 6.60. The van der Waals surface area contributed by atoms with Gasteiger partial charge in [-0.05, 0) is 54.2 Å². The topological polar surface area (TPSA) is 74.2 Å². The zero-order valence-corrected chi connectivity index (χ0v) is 27.7. The maximum atomic E-state index is 13.1. The van der Waals surface area contributed by atoms with Gasteiger partial charge in [-0.3, -0.25) is 4.79 Å². The van der Waals surface area contributed by atoms with Gasteiger partial charge in [-0.25, -0.2) is 0 Å². The Morgan fingerprint density at radius 3 is 1.77 bits per heavy atom. The number of unbranched alkanes of at least 4 members (excludes halogenated alkanes) is 3. The summed E-state index contributed by atoms with van der Waals surface area (Å²) < 4.78 is 22.6. The SMILES string of the molecule is CO[Si](CCCCCCC(=O)Oc1c(Cc2cc(C)cc(C(C)(C)C)c2O)cc(C)cc1C(C)(C)C)(OC)OC. The Labute approximate surface area is 243 Å². The molecule has 2 aromatic carbocycles. The second-order valence-corrected chi connectivity index (χ2v) is 16.1. The normalized spacial score (nSPS) is 12.6. The summed E-state index contributed by atoms with van der Waals surface area (Å²) in [6.07, 6.45) is 4.38. The van der Waals surface area contributed by atoms with Gasteiger partial charge in [-0.2, -0.15) is 0 Å². The van der Waals surface area contributed by atoms with E-state index in [1.807, 2.05) is 6.07 Å². The number of phenols is 1. The van der Waals surface area contributed by atoms with Crippen molar-refractivity contribution in [3.8, 4) is 11.5 Å². The highest BCUT2D eigenvalue weighted by Gasteiger charge is 2.36. The lowest BCUT2D eigenvalue weighted by molar-refractivity contribution is -0.134. The number of hydrogen-bond donors (Lipinski definition) is 1. The first-order valence-electron chi connectivity index (χ1n) is 14.4. The van der Waals surface area contributed by atoms with Gasteiger partial charge in [0.05, 0.1) is 0 Å². The molecule has 0 heterocycles. The lowest BCUT2D eigenvalue weighted by Crippen LogP contribution is -2.42. The molecule has 0 fully saturated rings. The second kappa shape index (κ2) is 14.1. The van der Waals surface area contributed by atoms with Gasteiger partial charge in [0.1, 0.15) is 11.5 Å². The molecule has 2 rings (SSSR count). The Morgan fingerprint density at radius 1 is 0.750 bits per heavy atom. The average molecular weight is 573 g/mol. The van der Waals surface area contributed by atoms with E-state index >= 15 is 0 Å². The van der Waals surface area contributed by atoms with Crippen LogP contribution in [0, 0.1) is 13.8 Å². The zero-order chi connectivity index (χ0) is 30.3. The van der Waals surface area contributed by atoms with Crippen molar-refractivity contribution in [2.45, 2.75) is 111 Å². The van der Waals surface area contributed by atoms with Gasteiger partial charge < -0.3 is 23.1 Å². The fourth-order valence-electron chi connectivity index (χ4n) is 5.11. The third-order valence-electron chi connectivity index (χ3n) is 7.40. The minimum atomic E-state index is -2.55. The minimum absolute atomic E-state index is 0.191. The summed E-state index contributed by atoms with van der Waals surface area (Å²) in [6, 6.07) is 9.03. The molecule has 0 amide bonds. The van der Waals surface area contributed by atoms with Crippen molar-refractivity contribution in [3.63, 3.8) is 0 Å². The van der Waals surface area contributed by atoms with Crippen LogP contribution in [0.15, 0.2) is 24.3 Å². The lowest BCUT2D eigenvalue weighted by atomic mass is 9.81. The highest BCUT2D eigenvalue weighted by atomic mass is 28.4. The standard InChI is InChI=1S/C33H52O6Si/c1-23-18-25(30(35)27(20-23)32(3,4)5)22-26-19-24(2)21-28(33(6,7)8)31(26)39-29(34)16-14-12-13-15-17-40(36-9,37-10)38-11/h18-21,35H,12-17,22H2,1-11H3. The van der Waals surface area contributed by atoms with E-state index in [-0.39, 0.29) is 16.8 Å². The van der Waals surface area contributed by atoms with Crippen LogP contribution < -0.4 is 4.74 Å². The van der Waals surface area contributed by atoms with Crippen LogP contribution in [0.3, 0.4) is 0 Å². The quantitative estimate of drug-likeness (QED) is 0.114. The Balaban J connectivity index is 2.23. The molecule has 0 aliphatic carbocycles. The zero-order valence-electron chi connectivity index (χ0n) is 26.7. The van der Waals surface area contributed by atoms with Crippen LogP contribution in [0.1, 0.15) is 107 Å². The molecule has 0 spiro atoms. The average Bonchev–Trinajstić information content (AvgIpc) is 2.86. The van der Waals surface area contributed by atoms with Gasteiger partial charge in [0.2, 0.25) is 0 Å². The molecular formula is C33H52O6Si. The van der Waals surface area contributed by atoms with E-state index in [0.29, 0.717) is 24.3 Å². The van der Waals surface area contributed by atoms with Crippen LogP contribution in [0.5, 0.6) is 11.5 Å². The largest absolute Gasteiger partial charge is 0.507 e. The fraction of sp³-hybridized carbons (Fsp3) is 0.606. The van der Waals surface area contributed by atoms with Crippen LogP contribution >= 0.6 is 0 Å². The maximum Gasteiger partial charge on any atom is 0.500 e. The van der Waals surface area contributed by atoms with E-state index < -0.39 is 8.80 Å². The van der Waals surface area contributed by atoms with Crippen LogP contribution in [0.2, 0.25) is 6.04 Å². The molecule has 0 aliphatic heterocycles. The van der Waals surface area contributed by atoms with E-state index in [1.165, 1.54) is 0 Å². The van der Waals surface area contributed by atoms with Gasteiger partial charge in [0.15, 0.2) is 0 Å². The molecule has 2 aromatic rings. The van der Waals surface area contributed by atoms with Crippen molar-refractivity contribution in [1.29, 1.82) is 0 Å². The molecule has 0 saturated carbocycles. The molecule has 0 unspecified atom stereocenters. The van der Waals surface area contributed by atoms with Gasteiger partial charge in [-0.1, -0.05) is 89.8 Å². The van der Waals surface area contributed by atoms with Crippen molar-refractivity contribution in [2.24, 2.45) is 0 Å². The lowest BCUT2D eigenvalue weighted by Gasteiger charge is -2.26. The molecule has 7 heteroatoms. The highest BCUT2D eigenvalue weighted by Crippen LogP contribution is 2.40. The molecule has 0 aliphatic rings. The molecule has 1 N–H and O–H groups in total. The summed E-state index contributed by atoms with van der Waals surface area (Å²) in [5.41, 5.74) is 5.47. The molecule has 0 bridgehead atoms. The van der Waals surface area contributed by atoms with E-state index in [2.05, 4.69) is 73.6 Å². The molecule has 0 aromatic heterocycles. The predicted molar refractivity (Wildman–Crippen MR) is 165 cm³/mol. The summed E-state index contributed by atoms with van der Waals surface area (Å²) in [4.78, 5) is 13.1. The smallest absolute Gasteiger partial charge is 0.500 e. The van der Waals surface area contributed by atoms with Crippen molar-refractivity contribution in [2.75, 3.05) is 21.3 Å². The first-order chi connectivity index (χ1) is 18.6. The molecule has 0 saturated heterocycles. The number of aryl methyl sites for hydroxylation is 2. The number of esters is 1. The maximum absolute atomic E-state index is 13.1. The summed E-state index contributed by atoms with van der Waals surface area (Å²) in [5.74, 6) is 0.711. The number of ether oxygens (including phenoxy) is 1. The molecule has 6 nitrogen and oxygen atoms in total. The Bertz CT molecular complexity index is 1130. The third-order valence-corrected chi connectivity index (χ3v) is 10.2. The van der Waals surface area contributed by atoms with Crippen LogP contribution in [-0.2, 0) is 35.3 Å². The summed E-state index contributed by atoms with van der Waals surface area (Å²) in [5, 5.41) is 11.2.